The molecule has 1 aromatic carbocycles. The second-order valence-electron chi connectivity index (χ2n) is 3.73. The third-order valence-electron chi connectivity index (χ3n) is 2.41. The summed E-state index contributed by atoms with van der Waals surface area (Å²) in [5.41, 5.74) is -4.98. The van der Waals surface area contributed by atoms with Crippen LogP contribution in [0.1, 0.15) is 11.1 Å². The minimum Gasteiger partial charge on any atom is -0.295 e. The molecule has 1 aromatic heterocycles. The first kappa shape index (κ1) is 14.2. The maximum atomic E-state index is 12.7. The van der Waals surface area contributed by atoms with E-state index in [1.54, 1.807) is 0 Å². The van der Waals surface area contributed by atoms with Gasteiger partial charge in [0.1, 0.15) is 6.33 Å². The number of benzene rings is 1. The van der Waals surface area contributed by atoms with E-state index in [1.165, 1.54) is 0 Å². The highest BCUT2D eigenvalue weighted by atomic mass is 19.4. The minimum atomic E-state index is -5.21. The van der Waals surface area contributed by atoms with E-state index in [2.05, 4.69) is 10.1 Å². The Morgan fingerprint density at radius 2 is 1.60 bits per heavy atom. The molecule has 0 aliphatic heterocycles. The second kappa shape index (κ2) is 4.39. The van der Waals surface area contributed by atoms with Gasteiger partial charge in [0.2, 0.25) is 0 Å². The zero-order valence-corrected chi connectivity index (χ0v) is 9.38. The summed E-state index contributed by atoms with van der Waals surface area (Å²) >= 11 is 0. The molecule has 4 nitrogen and oxygen atoms in total. The zero-order valence-electron chi connectivity index (χ0n) is 9.38. The number of hydrogen-bond acceptors (Lipinski definition) is 2. The van der Waals surface area contributed by atoms with E-state index in [4.69, 9.17) is 0 Å². The van der Waals surface area contributed by atoms with Gasteiger partial charge in [0, 0.05) is 0 Å². The van der Waals surface area contributed by atoms with Crippen molar-refractivity contribution >= 4 is 0 Å². The summed E-state index contributed by atoms with van der Waals surface area (Å²) < 4.78 is 76.2. The van der Waals surface area contributed by atoms with Gasteiger partial charge in [-0.3, -0.25) is 4.98 Å². The molecule has 0 bridgehead atoms. The highest BCUT2D eigenvalue weighted by molar-refractivity contribution is 5.42. The Hall–Kier alpha value is -2.26. The standard InChI is InChI=1S/C10H5F6N3O/c11-9(12,13)6-2-1-5(3-7(6)10(14,15)16)19-8(20)17-4-18-19/h1-4H,(H,17,18,20). The molecular formula is C10H5F6N3O. The Morgan fingerprint density at radius 3 is 2.05 bits per heavy atom. The molecular weight excluding hydrogens is 292 g/mol. The maximum Gasteiger partial charge on any atom is 0.417 e. The van der Waals surface area contributed by atoms with Gasteiger partial charge in [0.05, 0.1) is 16.8 Å². The fourth-order valence-corrected chi connectivity index (χ4v) is 1.59. The van der Waals surface area contributed by atoms with Gasteiger partial charge in [-0.25, -0.2) is 4.79 Å². The Labute approximate surface area is 106 Å². The van der Waals surface area contributed by atoms with Crippen LogP contribution < -0.4 is 5.69 Å². The Kier molecular flexibility index (Phi) is 3.11. The Balaban J connectivity index is 2.68. The summed E-state index contributed by atoms with van der Waals surface area (Å²) in [4.78, 5) is 13.3. The van der Waals surface area contributed by atoms with Crippen molar-refractivity contribution in [3.05, 3.63) is 46.1 Å². The molecule has 0 atom stereocenters. The van der Waals surface area contributed by atoms with E-state index < -0.39 is 34.9 Å². The van der Waals surface area contributed by atoms with Crippen molar-refractivity contribution in [3.63, 3.8) is 0 Å². The highest BCUT2D eigenvalue weighted by Gasteiger charge is 2.43. The van der Waals surface area contributed by atoms with Crippen LogP contribution in [-0.2, 0) is 12.4 Å². The van der Waals surface area contributed by atoms with E-state index in [9.17, 15) is 31.1 Å². The van der Waals surface area contributed by atoms with Crippen LogP contribution in [0.3, 0.4) is 0 Å². The maximum absolute atomic E-state index is 12.7. The van der Waals surface area contributed by atoms with Crippen molar-refractivity contribution in [2.75, 3.05) is 0 Å². The lowest BCUT2D eigenvalue weighted by Gasteiger charge is -2.16. The lowest BCUT2D eigenvalue weighted by molar-refractivity contribution is -0.162. The smallest absolute Gasteiger partial charge is 0.295 e. The molecule has 0 unspecified atom stereocenters. The van der Waals surface area contributed by atoms with Crippen LogP contribution in [0.2, 0.25) is 0 Å². The fourth-order valence-electron chi connectivity index (χ4n) is 1.59. The molecule has 0 amide bonds. The van der Waals surface area contributed by atoms with Gasteiger partial charge in [0.15, 0.2) is 0 Å². The van der Waals surface area contributed by atoms with Gasteiger partial charge in [-0.1, -0.05) is 0 Å². The molecule has 0 aliphatic rings. The zero-order chi connectivity index (χ0) is 15.1. The highest BCUT2D eigenvalue weighted by Crippen LogP contribution is 2.40. The fraction of sp³-hybridized carbons (Fsp3) is 0.200. The molecule has 0 fully saturated rings. The first-order chi connectivity index (χ1) is 9.10. The number of H-pyrrole nitrogens is 1. The van der Waals surface area contributed by atoms with E-state index in [-0.39, 0.29) is 12.1 Å². The number of nitrogens with zero attached hydrogens (tertiary/aromatic N) is 2. The molecule has 0 saturated carbocycles. The summed E-state index contributed by atoms with van der Waals surface area (Å²) in [5.74, 6) is 0. The van der Waals surface area contributed by atoms with E-state index in [0.717, 1.165) is 12.4 Å². The van der Waals surface area contributed by atoms with Gasteiger partial charge in [0.25, 0.3) is 0 Å². The van der Waals surface area contributed by atoms with Crippen molar-refractivity contribution in [2.45, 2.75) is 12.4 Å². The number of aromatic nitrogens is 3. The molecule has 1 heterocycles. The SMILES string of the molecule is O=c1[nH]cnn1-c1ccc(C(F)(F)F)c(C(F)(F)F)c1. The predicted molar refractivity (Wildman–Crippen MR) is 54.2 cm³/mol. The average molecular weight is 297 g/mol. The number of aromatic amines is 1. The summed E-state index contributed by atoms with van der Waals surface area (Å²) in [6.45, 7) is 0. The number of alkyl halides is 6. The van der Waals surface area contributed by atoms with Gasteiger partial charge in [-0.2, -0.15) is 36.1 Å². The van der Waals surface area contributed by atoms with E-state index in [1.807, 2.05) is 0 Å². The molecule has 2 rings (SSSR count). The van der Waals surface area contributed by atoms with Crippen LogP contribution >= 0.6 is 0 Å². The summed E-state index contributed by atoms with van der Waals surface area (Å²) in [6.07, 6.45) is -9.45. The lowest BCUT2D eigenvalue weighted by atomic mass is 10.1. The molecule has 0 aliphatic carbocycles. The van der Waals surface area contributed by atoms with Crippen LogP contribution in [0.5, 0.6) is 0 Å². The monoisotopic (exact) mass is 297 g/mol. The third-order valence-corrected chi connectivity index (χ3v) is 2.41. The molecule has 0 spiro atoms. The van der Waals surface area contributed by atoms with E-state index in [0.29, 0.717) is 4.68 Å². The molecule has 20 heavy (non-hydrogen) atoms. The van der Waals surface area contributed by atoms with Crippen LogP contribution in [0.4, 0.5) is 26.3 Å². The van der Waals surface area contributed by atoms with E-state index >= 15 is 0 Å². The van der Waals surface area contributed by atoms with Gasteiger partial charge < -0.3 is 0 Å². The molecule has 2 aromatic rings. The largest absolute Gasteiger partial charge is 0.417 e. The van der Waals surface area contributed by atoms with Crippen molar-refractivity contribution in [1.29, 1.82) is 0 Å². The number of rotatable bonds is 1. The molecule has 1 N–H and O–H groups in total. The average Bonchev–Trinajstić information content (AvgIpc) is 2.72. The number of hydrogen-bond donors (Lipinski definition) is 1. The topological polar surface area (TPSA) is 50.7 Å². The second-order valence-corrected chi connectivity index (χ2v) is 3.73. The normalized spacial score (nSPS) is 12.7. The number of nitrogens with one attached hydrogen (secondary N) is 1. The molecule has 0 radical (unpaired) electrons. The van der Waals surface area contributed by atoms with Crippen LogP contribution in [0.15, 0.2) is 29.3 Å². The first-order valence-corrected chi connectivity index (χ1v) is 5.02. The van der Waals surface area contributed by atoms with Crippen molar-refractivity contribution in [3.8, 4) is 5.69 Å². The van der Waals surface area contributed by atoms with Crippen molar-refractivity contribution < 1.29 is 26.3 Å². The summed E-state index contributed by atoms with van der Waals surface area (Å²) in [5, 5.41) is 3.40. The summed E-state index contributed by atoms with van der Waals surface area (Å²) in [6, 6.07) is 1.23. The summed E-state index contributed by atoms with van der Waals surface area (Å²) in [7, 11) is 0. The predicted octanol–water partition coefficient (Wildman–Crippen LogP) is 2.60. The third kappa shape index (κ3) is 2.53. The van der Waals surface area contributed by atoms with Crippen molar-refractivity contribution in [1.82, 2.24) is 14.8 Å². The van der Waals surface area contributed by atoms with Gasteiger partial charge >= 0.3 is 18.0 Å². The molecule has 10 heteroatoms. The quantitative estimate of drug-likeness (QED) is 0.823. The van der Waals surface area contributed by atoms with Gasteiger partial charge in [-0.15, -0.1) is 0 Å². The Morgan fingerprint density at radius 1 is 1.00 bits per heavy atom. The number of halogens is 6. The van der Waals surface area contributed by atoms with Crippen LogP contribution in [-0.4, -0.2) is 14.8 Å². The van der Waals surface area contributed by atoms with Crippen LogP contribution in [0.25, 0.3) is 5.69 Å². The molecule has 0 saturated heterocycles. The minimum absolute atomic E-state index is 0.227. The molecule has 108 valence electrons. The first-order valence-electron chi connectivity index (χ1n) is 5.02. The Bertz CT molecular complexity index is 681. The van der Waals surface area contributed by atoms with Crippen molar-refractivity contribution in [2.24, 2.45) is 0 Å². The lowest BCUT2D eigenvalue weighted by Crippen LogP contribution is -2.20. The van der Waals surface area contributed by atoms with Gasteiger partial charge in [-0.05, 0) is 18.2 Å². The van der Waals surface area contributed by atoms with Crippen LogP contribution in [0, 0.1) is 0 Å².